The van der Waals surface area contributed by atoms with E-state index in [0.717, 1.165) is 83.5 Å². The van der Waals surface area contributed by atoms with Crippen LogP contribution >= 0.6 is 0 Å². The van der Waals surface area contributed by atoms with Crippen molar-refractivity contribution in [2.75, 3.05) is 19.0 Å². The van der Waals surface area contributed by atoms with Gasteiger partial charge in [0, 0.05) is 12.8 Å². The molecule has 1 aliphatic rings. The molecule has 0 spiro atoms. The van der Waals surface area contributed by atoms with E-state index < -0.39 is 71.2 Å². The summed E-state index contributed by atoms with van der Waals surface area (Å²) in [5.74, 6) is -2.01. The number of aliphatic hydroxyl groups excluding tert-OH is 3. The van der Waals surface area contributed by atoms with Gasteiger partial charge in [0.1, 0.15) is 36.8 Å². The number of allylic oxidation sites excluding steroid dienone is 8. The van der Waals surface area contributed by atoms with E-state index in [4.69, 9.17) is 18.9 Å². The summed E-state index contributed by atoms with van der Waals surface area (Å²) in [5, 5.41) is 30.9. The van der Waals surface area contributed by atoms with Crippen molar-refractivity contribution in [3.8, 4) is 0 Å². The topological polar surface area (TPSA) is 186 Å². The van der Waals surface area contributed by atoms with E-state index in [2.05, 4.69) is 62.5 Å². The van der Waals surface area contributed by atoms with Gasteiger partial charge >= 0.3 is 11.9 Å². The van der Waals surface area contributed by atoms with E-state index in [-0.39, 0.29) is 19.4 Å². The summed E-state index contributed by atoms with van der Waals surface area (Å²) in [4.78, 5) is 25.4. The summed E-state index contributed by atoms with van der Waals surface area (Å²) >= 11 is 0. The summed E-state index contributed by atoms with van der Waals surface area (Å²) in [6, 6.07) is 0. The Balaban J connectivity index is 2.47. The van der Waals surface area contributed by atoms with Gasteiger partial charge < -0.3 is 34.3 Å². The minimum atomic E-state index is -4.60. The van der Waals surface area contributed by atoms with Crippen molar-refractivity contribution in [3.63, 3.8) is 0 Å². The average molecular weight is 843 g/mol. The van der Waals surface area contributed by atoms with Gasteiger partial charge in [-0.2, -0.15) is 8.42 Å². The predicted molar refractivity (Wildman–Crippen MR) is 229 cm³/mol. The molecule has 336 valence electrons. The minimum absolute atomic E-state index is 0.154. The third-order valence-corrected chi connectivity index (χ3v) is 10.6. The zero-order valence-corrected chi connectivity index (χ0v) is 36.5. The molecular formula is C45H78O12S. The number of carbonyl (C=O) groups is 2. The Morgan fingerprint density at radius 1 is 0.603 bits per heavy atom. The lowest BCUT2D eigenvalue weighted by Crippen LogP contribution is -2.60. The van der Waals surface area contributed by atoms with Gasteiger partial charge in [-0.25, -0.2) is 0 Å². The molecule has 0 saturated carbocycles. The van der Waals surface area contributed by atoms with Crippen LogP contribution in [-0.2, 0) is 38.7 Å². The number of rotatable bonds is 36. The van der Waals surface area contributed by atoms with E-state index in [1.165, 1.54) is 44.9 Å². The van der Waals surface area contributed by atoms with Crippen LogP contribution in [-0.4, -0.2) is 96.0 Å². The first-order valence-electron chi connectivity index (χ1n) is 22.2. The molecule has 58 heavy (non-hydrogen) atoms. The lowest BCUT2D eigenvalue weighted by atomic mass is 10.00. The van der Waals surface area contributed by atoms with E-state index >= 15 is 0 Å². The fourth-order valence-electron chi connectivity index (χ4n) is 6.45. The van der Waals surface area contributed by atoms with E-state index in [0.29, 0.717) is 12.8 Å². The van der Waals surface area contributed by atoms with Crippen LogP contribution in [0.2, 0.25) is 0 Å². The van der Waals surface area contributed by atoms with E-state index in [9.17, 15) is 37.9 Å². The molecule has 0 aromatic heterocycles. The van der Waals surface area contributed by atoms with Crippen molar-refractivity contribution < 1.29 is 56.8 Å². The first kappa shape index (κ1) is 53.6. The molecule has 1 fully saturated rings. The van der Waals surface area contributed by atoms with Gasteiger partial charge in [0.25, 0.3) is 10.1 Å². The number of hydrogen-bond acceptors (Lipinski definition) is 11. The fourth-order valence-corrected chi connectivity index (χ4v) is 7.14. The summed E-state index contributed by atoms with van der Waals surface area (Å²) in [6.45, 7) is 3.61. The van der Waals surface area contributed by atoms with Gasteiger partial charge in [-0.05, 0) is 70.6 Å². The molecule has 12 nitrogen and oxygen atoms in total. The molecule has 0 radical (unpaired) electrons. The lowest BCUT2D eigenvalue weighted by Gasteiger charge is -2.40. The Morgan fingerprint density at radius 3 is 1.64 bits per heavy atom. The maximum atomic E-state index is 12.8. The van der Waals surface area contributed by atoms with Crippen molar-refractivity contribution in [1.29, 1.82) is 0 Å². The maximum absolute atomic E-state index is 12.8. The van der Waals surface area contributed by atoms with E-state index in [1.807, 2.05) is 0 Å². The number of esters is 2. The van der Waals surface area contributed by atoms with Crippen LogP contribution in [0.5, 0.6) is 0 Å². The predicted octanol–water partition coefficient (Wildman–Crippen LogP) is 8.78. The van der Waals surface area contributed by atoms with Crippen LogP contribution in [0.1, 0.15) is 168 Å². The number of aliphatic hydroxyl groups is 3. The second kappa shape index (κ2) is 35.4. The molecule has 6 atom stereocenters. The van der Waals surface area contributed by atoms with Gasteiger partial charge in [0.15, 0.2) is 12.4 Å². The van der Waals surface area contributed by atoms with Gasteiger partial charge in [-0.15, -0.1) is 0 Å². The van der Waals surface area contributed by atoms with Crippen molar-refractivity contribution in [2.24, 2.45) is 0 Å². The van der Waals surface area contributed by atoms with Crippen molar-refractivity contribution in [2.45, 2.75) is 205 Å². The zero-order chi connectivity index (χ0) is 42.7. The van der Waals surface area contributed by atoms with Gasteiger partial charge in [0.2, 0.25) is 0 Å². The zero-order valence-electron chi connectivity index (χ0n) is 35.6. The third-order valence-electron chi connectivity index (χ3n) is 9.89. The normalized spacial score (nSPS) is 20.8. The van der Waals surface area contributed by atoms with Gasteiger partial charge in [-0.3, -0.25) is 14.1 Å². The van der Waals surface area contributed by atoms with Crippen LogP contribution in [0.3, 0.4) is 0 Å². The summed E-state index contributed by atoms with van der Waals surface area (Å²) < 4.78 is 54.0. The molecule has 0 amide bonds. The molecule has 13 heteroatoms. The largest absolute Gasteiger partial charge is 0.462 e. The Kier molecular flexibility index (Phi) is 32.7. The Morgan fingerprint density at radius 2 is 1.09 bits per heavy atom. The Bertz CT molecular complexity index is 1260. The molecule has 1 aliphatic heterocycles. The average Bonchev–Trinajstić information content (AvgIpc) is 3.18. The molecule has 1 rings (SSSR count). The second-order valence-corrected chi connectivity index (χ2v) is 16.8. The molecule has 0 aromatic rings. The van der Waals surface area contributed by atoms with Crippen molar-refractivity contribution in [1.82, 2.24) is 0 Å². The Labute approximate surface area is 350 Å². The highest BCUT2D eigenvalue weighted by atomic mass is 32.2. The lowest BCUT2D eigenvalue weighted by molar-refractivity contribution is -0.297. The summed E-state index contributed by atoms with van der Waals surface area (Å²) in [6.07, 6.45) is 31.5. The van der Waals surface area contributed by atoms with Crippen LogP contribution < -0.4 is 0 Å². The number of ether oxygens (including phenoxy) is 4. The van der Waals surface area contributed by atoms with Gasteiger partial charge in [-0.1, -0.05) is 133 Å². The highest BCUT2D eigenvalue weighted by Crippen LogP contribution is 2.24. The molecule has 2 unspecified atom stereocenters. The maximum Gasteiger partial charge on any atom is 0.306 e. The number of carbonyl (C=O) groups excluding carboxylic acids is 2. The van der Waals surface area contributed by atoms with Gasteiger partial charge in [0.05, 0.1) is 6.61 Å². The molecule has 0 bridgehead atoms. The fraction of sp³-hybridized carbons (Fsp3) is 0.778. The number of hydrogen-bond donors (Lipinski definition) is 4. The number of unbranched alkanes of at least 4 members (excludes halogenated alkanes) is 16. The smallest absolute Gasteiger partial charge is 0.306 e. The highest BCUT2D eigenvalue weighted by molar-refractivity contribution is 7.85. The van der Waals surface area contributed by atoms with Crippen LogP contribution in [0.25, 0.3) is 0 Å². The Hall–Kier alpha value is -2.39. The minimum Gasteiger partial charge on any atom is -0.462 e. The van der Waals surface area contributed by atoms with Crippen LogP contribution in [0.15, 0.2) is 48.6 Å². The quantitative estimate of drug-likeness (QED) is 0.0204. The molecule has 1 heterocycles. The van der Waals surface area contributed by atoms with Crippen molar-refractivity contribution >= 4 is 22.1 Å². The molecule has 0 aromatic carbocycles. The van der Waals surface area contributed by atoms with Crippen LogP contribution in [0.4, 0.5) is 0 Å². The standard InChI is InChI=1S/C45H78O12S/c1-3-5-7-9-11-13-15-17-19-21-23-25-27-29-31-33-40(46)54-35-38(36-55-45-44(50)43(49)42(48)39(57-45)37-58(51,52)53)56-41(47)34-32-30-28-26-24-22-20-18-16-14-12-10-8-6-4-2/h5,7,11,13-14,16-17,19,38-39,42-45,48-50H,3-4,6,8-10,12,15,18,20-37H2,1-2H3,(H,51,52,53)/b7-5+,13-11+,16-14+,19-17+/t38-,39-,42-,43?,44?,45+/m1/s1. The first-order chi connectivity index (χ1) is 28.0. The molecule has 1 saturated heterocycles. The monoisotopic (exact) mass is 843 g/mol. The third kappa shape index (κ3) is 29.8. The molecule has 4 N–H and O–H groups in total. The molecule has 0 aliphatic carbocycles. The van der Waals surface area contributed by atoms with Crippen LogP contribution in [0, 0.1) is 0 Å². The van der Waals surface area contributed by atoms with Crippen molar-refractivity contribution in [3.05, 3.63) is 48.6 Å². The second-order valence-electron chi connectivity index (χ2n) is 15.3. The summed E-state index contributed by atoms with van der Waals surface area (Å²) in [7, 11) is -4.60. The summed E-state index contributed by atoms with van der Waals surface area (Å²) in [5.41, 5.74) is 0. The van der Waals surface area contributed by atoms with E-state index in [1.54, 1.807) is 0 Å². The highest BCUT2D eigenvalue weighted by Gasteiger charge is 2.46. The first-order valence-corrected chi connectivity index (χ1v) is 23.8. The SMILES string of the molecule is CC/C=C/C/C=C/C/C=C/CCCCCCCC(=O)OC[C@H](CO[C@H]1O[C@H](CS(=O)(=O)O)[C@@H](O)C(O)C1O)OC(=O)CCCCCCCCC/C=C/CCCCCC. The molecular weight excluding hydrogens is 765 g/mol.